The summed E-state index contributed by atoms with van der Waals surface area (Å²) in [6.07, 6.45) is 5.01. The van der Waals surface area contributed by atoms with Gasteiger partial charge >= 0.3 is 0 Å². The van der Waals surface area contributed by atoms with Gasteiger partial charge in [-0.2, -0.15) is 0 Å². The molecule has 2 saturated carbocycles. The maximum atomic E-state index is 12.4. The molecule has 2 aliphatic rings. The van der Waals surface area contributed by atoms with Crippen molar-refractivity contribution in [3.05, 3.63) is 23.8 Å². The lowest BCUT2D eigenvalue weighted by Gasteiger charge is -2.18. The summed E-state index contributed by atoms with van der Waals surface area (Å²) in [5, 5.41) is 3.20. The van der Waals surface area contributed by atoms with Crippen molar-refractivity contribution in [2.75, 3.05) is 12.3 Å². The number of ether oxygens (including phenoxy) is 1. The van der Waals surface area contributed by atoms with Crippen molar-refractivity contribution in [1.82, 2.24) is 5.32 Å². The summed E-state index contributed by atoms with van der Waals surface area (Å²) in [7, 11) is 0. The Labute approximate surface area is 119 Å². The highest BCUT2D eigenvalue weighted by Crippen LogP contribution is 2.44. The zero-order valence-electron chi connectivity index (χ0n) is 11.9. The van der Waals surface area contributed by atoms with Gasteiger partial charge in [0.05, 0.1) is 6.61 Å². The first-order valence-corrected chi connectivity index (χ1v) is 7.51. The van der Waals surface area contributed by atoms with Crippen LogP contribution in [0.1, 0.15) is 43.0 Å². The number of carbonyl (C=O) groups excluding carboxylic acids is 1. The summed E-state index contributed by atoms with van der Waals surface area (Å²) < 4.78 is 5.44. The Morgan fingerprint density at radius 3 is 2.50 bits per heavy atom. The Hall–Kier alpha value is -1.71. The Kier molecular flexibility index (Phi) is 3.55. The molecule has 0 heterocycles. The average Bonchev–Trinajstić information content (AvgIpc) is 3.28. The molecule has 1 amide bonds. The van der Waals surface area contributed by atoms with Crippen molar-refractivity contribution < 1.29 is 9.53 Å². The minimum absolute atomic E-state index is 0.0259. The zero-order chi connectivity index (χ0) is 14.1. The number of hydrogen-bond donors (Lipinski definition) is 2. The minimum Gasteiger partial charge on any atom is -0.494 e. The van der Waals surface area contributed by atoms with E-state index in [1.165, 1.54) is 25.7 Å². The topological polar surface area (TPSA) is 64.3 Å². The molecule has 0 atom stereocenters. The predicted molar refractivity (Wildman–Crippen MR) is 78.7 cm³/mol. The second kappa shape index (κ2) is 5.35. The monoisotopic (exact) mass is 274 g/mol. The number of hydrogen-bond acceptors (Lipinski definition) is 3. The summed E-state index contributed by atoms with van der Waals surface area (Å²) in [6, 6.07) is 5.60. The molecule has 3 N–H and O–H groups in total. The molecule has 0 saturated heterocycles. The van der Waals surface area contributed by atoms with Gasteiger partial charge in [0, 0.05) is 23.4 Å². The normalized spacial score (nSPS) is 18.1. The SMILES string of the molecule is CCOc1cc(N)cc(C(=O)NC(C2CC2)C2CC2)c1. The number of amides is 1. The molecule has 0 aliphatic heterocycles. The van der Waals surface area contributed by atoms with Gasteiger partial charge in [0.25, 0.3) is 5.91 Å². The van der Waals surface area contributed by atoms with Gasteiger partial charge in [-0.15, -0.1) is 0 Å². The third-order valence-corrected chi connectivity index (χ3v) is 4.06. The highest BCUT2D eigenvalue weighted by Gasteiger charge is 2.42. The first kappa shape index (κ1) is 13.3. The predicted octanol–water partition coefficient (Wildman–Crippen LogP) is 2.59. The molecule has 4 nitrogen and oxygen atoms in total. The van der Waals surface area contributed by atoms with Crippen LogP contribution in [0.15, 0.2) is 18.2 Å². The lowest BCUT2D eigenvalue weighted by Crippen LogP contribution is -2.38. The minimum atomic E-state index is -0.0259. The maximum Gasteiger partial charge on any atom is 0.251 e. The lowest BCUT2D eigenvalue weighted by molar-refractivity contribution is 0.0926. The second-order valence-electron chi connectivity index (χ2n) is 5.90. The lowest BCUT2D eigenvalue weighted by atomic mass is 10.1. The van der Waals surface area contributed by atoms with E-state index in [0.717, 1.165) is 0 Å². The van der Waals surface area contributed by atoms with Crippen LogP contribution < -0.4 is 15.8 Å². The van der Waals surface area contributed by atoms with E-state index in [1.54, 1.807) is 18.2 Å². The Balaban J connectivity index is 1.72. The van der Waals surface area contributed by atoms with Crippen LogP contribution in [0.2, 0.25) is 0 Å². The fourth-order valence-electron chi connectivity index (χ4n) is 2.77. The molecule has 0 unspecified atom stereocenters. The quantitative estimate of drug-likeness (QED) is 0.784. The van der Waals surface area contributed by atoms with Crippen molar-refractivity contribution in [2.24, 2.45) is 11.8 Å². The summed E-state index contributed by atoms with van der Waals surface area (Å²) in [5.41, 5.74) is 7.00. The van der Waals surface area contributed by atoms with E-state index in [-0.39, 0.29) is 5.91 Å². The molecule has 2 aliphatic carbocycles. The van der Waals surface area contributed by atoms with Gasteiger partial charge in [0.15, 0.2) is 0 Å². The van der Waals surface area contributed by atoms with Crippen LogP contribution in [0.4, 0.5) is 5.69 Å². The number of nitrogen functional groups attached to an aromatic ring is 1. The van der Waals surface area contributed by atoms with Gasteiger partial charge in [-0.3, -0.25) is 4.79 Å². The molecule has 0 aromatic heterocycles. The molecule has 1 aromatic rings. The first-order chi connectivity index (χ1) is 9.67. The Bertz CT molecular complexity index is 495. The summed E-state index contributed by atoms with van der Waals surface area (Å²) in [5.74, 6) is 2.02. The molecular weight excluding hydrogens is 252 g/mol. The zero-order valence-corrected chi connectivity index (χ0v) is 11.9. The van der Waals surface area contributed by atoms with E-state index in [4.69, 9.17) is 10.5 Å². The maximum absolute atomic E-state index is 12.4. The van der Waals surface area contributed by atoms with Gasteiger partial charge in [0.2, 0.25) is 0 Å². The summed E-state index contributed by atoms with van der Waals surface area (Å²) in [6.45, 7) is 2.48. The molecule has 4 heteroatoms. The second-order valence-corrected chi connectivity index (χ2v) is 5.90. The summed E-state index contributed by atoms with van der Waals surface area (Å²) in [4.78, 5) is 12.4. The largest absolute Gasteiger partial charge is 0.494 e. The highest BCUT2D eigenvalue weighted by molar-refractivity contribution is 5.95. The highest BCUT2D eigenvalue weighted by atomic mass is 16.5. The number of benzene rings is 1. The van der Waals surface area contributed by atoms with Crippen molar-refractivity contribution in [3.8, 4) is 5.75 Å². The van der Waals surface area contributed by atoms with Gasteiger partial charge in [0.1, 0.15) is 5.75 Å². The van der Waals surface area contributed by atoms with Crippen molar-refractivity contribution >= 4 is 11.6 Å². The number of anilines is 1. The molecule has 0 radical (unpaired) electrons. The van der Waals surface area contributed by atoms with Gasteiger partial charge < -0.3 is 15.8 Å². The molecule has 1 aromatic carbocycles. The first-order valence-electron chi connectivity index (χ1n) is 7.51. The van der Waals surface area contributed by atoms with Crippen LogP contribution in [0, 0.1) is 11.8 Å². The number of rotatable bonds is 6. The standard InChI is InChI=1S/C16H22N2O2/c1-2-20-14-8-12(7-13(17)9-14)16(19)18-15(10-3-4-10)11-5-6-11/h7-11,15H,2-6,17H2,1H3,(H,18,19). The smallest absolute Gasteiger partial charge is 0.251 e. The Morgan fingerprint density at radius 1 is 1.30 bits per heavy atom. The van der Waals surface area contributed by atoms with E-state index < -0.39 is 0 Å². The van der Waals surface area contributed by atoms with E-state index in [0.29, 0.717) is 41.5 Å². The van der Waals surface area contributed by atoms with E-state index >= 15 is 0 Å². The van der Waals surface area contributed by atoms with E-state index in [9.17, 15) is 4.79 Å². The number of carbonyl (C=O) groups is 1. The fraction of sp³-hybridized carbons (Fsp3) is 0.562. The summed E-state index contributed by atoms with van der Waals surface area (Å²) >= 11 is 0. The fourth-order valence-corrected chi connectivity index (χ4v) is 2.77. The third kappa shape index (κ3) is 3.06. The van der Waals surface area contributed by atoms with Crippen LogP contribution in [0.25, 0.3) is 0 Å². The number of nitrogens with two attached hydrogens (primary N) is 1. The van der Waals surface area contributed by atoms with Crippen molar-refractivity contribution in [3.63, 3.8) is 0 Å². The average molecular weight is 274 g/mol. The van der Waals surface area contributed by atoms with E-state index in [1.807, 2.05) is 6.92 Å². The molecule has 0 bridgehead atoms. The van der Waals surface area contributed by atoms with Gasteiger partial charge in [-0.1, -0.05) is 0 Å². The van der Waals surface area contributed by atoms with Crippen molar-refractivity contribution in [1.29, 1.82) is 0 Å². The third-order valence-electron chi connectivity index (χ3n) is 4.06. The van der Waals surface area contributed by atoms with Gasteiger partial charge in [-0.25, -0.2) is 0 Å². The molecule has 2 fully saturated rings. The van der Waals surface area contributed by atoms with E-state index in [2.05, 4.69) is 5.32 Å². The van der Waals surface area contributed by atoms with Crippen LogP contribution in [-0.2, 0) is 0 Å². The Morgan fingerprint density at radius 2 is 1.95 bits per heavy atom. The van der Waals surface area contributed by atoms with Gasteiger partial charge in [-0.05, 0) is 56.6 Å². The molecule has 0 spiro atoms. The molecule has 3 rings (SSSR count). The van der Waals surface area contributed by atoms with Crippen LogP contribution in [-0.4, -0.2) is 18.6 Å². The van der Waals surface area contributed by atoms with Crippen LogP contribution in [0.3, 0.4) is 0 Å². The molecular formula is C16H22N2O2. The van der Waals surface area contributed by atoms with Crippen molar-refractivity contribution in [2.45, 2.75) is 38.6 Å². The number of nitrogens with one attached hydrogen (secondary N) is 1. The van der Waals surface area contributed by atoms with Crippen LogP contribution in [0.5, 0.6) is 5.75 Å². The molecule has 20 heavy (non-hydrogen) atoms. The van der Waals surface area contributed by atoms with Crippen LogP contribution >= 0.6 is 0 Å². The molecule has 108 valence electrons.